The van der Waals surface area contributed by atoms with Gasteiger partial charge >= 0.3 is 0 Å². The predicted molar refractivity (Wildman–Crippen MR) is 101 cm³/mol. The van der Waals surface area contributed by atoms with E-state index in [0.717, 1.165) is 35.9 Å². The third-order valence-corrected chi connectivity index (χ3v) is 7.86. The number of thioether (sulfide) groups is 1. The van der Waals surface area contributed by atoms with E-state index in [4.69, 9.17) is 0 Å². The number of aryl methyl sites for hydroxylation is 1. The van der Waals surface area contributed by atoms with Crippen molar-refractivity contribution in [2.75, 3.05) is 5.75 Å². The van der Waals surface area contributed by atoms with Gasteiger partial charge in [-0.05, 0) is 75.0 Å². The van der Waals surface area contributed by atoms with Crippen LogP contribution in [0.15, 0.2) is 17.6 Å². The Morgan fingerprint density at radius 3 is 2.56 bits per heavy atom. The van der Waals surface area contributed by atoms with Crippen LogP contribution in [0.25, 0.3) is 0 Å². The van der Waals surface area contributed by atoms with Crippen LogP contribution in [-0.4, -0.2) is 27.3 Å². The number of imidazole rings is 1. The largest absolute Gasteiger partial charge is 0.352 e. The SMILES string of the molecule is CCCn1ccnc1SCC(=O)N[C@H](C)C12CC3CC(CC(C3)C1)C2. The third-order valence-electron chi connectivity index (χ3n) is 6.86. The van der Waals surface area contributed by atoms with Crippen LogP contribution in [0.3, 0.4) is 0 Å². The number of carbonyl (C=O) groups excluding carboxylic acids is 1. The molecule has 5 heteroatoms. The summed E-state index contributed by atoms with van der Waals surface area (Å²) in [6.07, 6.45) is 13.3. The normalized spacial score (nSPS) is 34.2. The maximum atomic E-state index is 12.5. The summed E-state index contributed by atoms with van der Waals surface area (Å²) in [4.78, 5) is 16.9. The molecule has 0 spiro atoms. The number of nitrogens with zero attached hydrogens (tertiary/aromatic N) is 2. The molecule has 0 saturated heterocycles. The second-order valence-electron chi connectivity index (χ2n) is 8.76. The van der Waals surface area contributed by atoms with E-state index in [0.29, 0.717) is 17.2 Å². The van der Waals surface area contributed by atoms with Crippen molar-refractivity contribution >= 4 is 17.7 Å². The fraction of sp³-hybridized carbons (Fsp3) is 0.800. The number of aromatic nitrogens is 2. The van der Waals surface area contributed by atoms with Gasteiger partial charge in [-0.2, -0.15) is 0 Å². The fourth-order valence-electron chi connectivity index (χ4n) is 6.12. The first-order chi connectivity index (χ1) is 12.1. The second kappa shape index (κ2) is 6.98. The van der Waals surface area contributed by atoms with E-state index in [9.17, 15) is 4.79 Å². The zero-order valence-corrected chi connectivity index (χ0v) is 16.4. The first-order valence-electron chi connectivity index (χ1n) is 10.0. The highest BCUT2D eigenvalue weighted by Gasteiger charge is 2.53. The molecule has 1 amide bonds. The highest BCUT2D eigenvalue weighted by atomic mass is 32.2. The topological polar surface area (TPSA) is 46.9 Å². The van der Waals surface area contributed by atoms with Gasteiger partial charge in [0.05, 0.1) is 5.75 Å². The zero-order chi connectivity index (χ0) is 17.4. The van der Waals surface area contributed by atoms with Crippen LogP contribution in [-0.2, 0) is 11.3 Å². The molecule has 4 saturated carbocycles. The van der Waals surface area contributed by atoms with Crippen molar-refractivity contribution in [3.8, 4) is 0 Å². The molecule has 4 nitrogen and oxygen atoms in total. The average molecular weight is 362 g/mol. The number of carbonyl (C=O) groups is 1. The minimum Gasteiger partial charge on any atom is -0.352 e. The smallest absolute Gasteiger partial charge is 0.230 e. The van der Waals surface area contributed by atoms with E-state index in [1.807, 2.05) is 12.4 Å². The van der Waals surface area contributed by atoms with E-state index in [1.54, 1.807) is 11.8 Å². The van der Waals surface area contributed by atoms with Gasteiger partial charge in [-0.3, -0.25) is 4.79 Å². The van der Waals surface area contributed by atoms with E-state index < -0.39 is 0 Å². The van der Waals surface area contributed by atoms with Gasteiger partial charge in [0, 0.05) is 25.0 Å². The molecule has 1 aromatic heterocycles. The number of amides is 1. The van der Waals surface area contributed by atoms with Crippen molar-refractivity contribution in [3.05, 3.63) is 12.4 Å². The first kappa shape index (κ1) is 17.4. The van der Waals surface area contributed by atoms with Crippen LogP contribution in [0.2, 0.25) is 0 Å². The van der Waals surface area contributed by atoms with Gasteiger partial charge < -0.3 is 9.88 Å². The van der Waals surface area contributed by atoms with Crippen LogP contribution in [0.5, 0.6) is 0 Å². The summed E-state index contributed by atoms with van der Waals surface area (Å²) in [7, 11) is 0. The zero-order valence-electron chi connectivity index (χ0n) is 15.5. The number of hydrogen-bond acceptors (Lipinski definition) is 3. The molecule has 4 bridgehead atoms. The van der Waals surface area contributed by atoms with Crippen LogP contribution in [0.1, 0.15) is 58.8 Å². The Bertz CT molecular complexity index is 591. The Hall–Kier alpha value is -0.970. The highest BCUT2D eigenvalue weighted by molar-refractivity contribution is 7.99. The van der Waals surface area contributed by atoms with Gasteiger partial charge in [-0.25, -0.2) is 4.98 Å². The molecule has 1 heterocycles. The molecular weight excluding hydrogens is 330 g/mol. The Morgan fingerprint density at radius 2 is 1.96 bits per heavy atom. The van der Waals surface area contributed by atoms with Crippen LogP contribution in [0, 0.1) is 23.2 Å². The lowest BCUT2D eigenvalue weighted by Crippen LogP contribution is -2.56. The summed E-state index contributed by atoms with van der Waals surface area (Å²) >= 11 is 1.56. The minimum absolute atomic E-state index is 0.166. The molecule has 25 heavy (non-hydrogen) atoms. The van der Waals surface area contributed by atoms with Crippen LogP contribution >= 0.6 is 11.8 Å². The van der Waals surface area contributed by atoms with Crippen LogP contribution in [0.4, 0.5) is 0 Å². The lowest BCUT2D eigenvalue weighted by Gasteiger charge is -2.59. The Kier molecular flexibility index (Phi) is 4.87. The molecular formula is C20H31N3OS. The molecule has 138 valence electrons. The number of rotatable bonds is 7. The summed E-state index contributed by atoms with van der Waals surface area (Å²) in [6.45, 7) is 5.38. The van der Waals surface area contributed by atoms with Crippen LogP contribution < -0.4 is 5.32 Å². The van der Waals surface area contributed by atoms with Gasteiger partial charge in [-0.15, -0.1) is 0 Å². The van der Waals surface area contributed by atoms with Crippen molar-refractivity contribution < 1.29 is 4.79 Å². The molecule has 1 atom stereocenters. The quantitative estimate of drug-likeness (QED) is 0.744. The van der Waals surface area contributed by atoms with Crippen molar-refractivity contribution in [1.29, 1.82) is 0 Å². The lowest BCUT2D eigenvalue weighted by atomic mass is 9.48. The summed E-state index contributed by atoms with van der Waals surface area (Å²) in [5.41, 5.74) is 0.385. The van der Waals surface area contributed by atoms with Gasteiger partial charge in [-0.1, -0.05) is 18.7 Å². The van der Waals surface area contributed by atoms with E-state index in [-0.39, 0.29) is 5.91 Å². The van der Waals surface area contributed by atoms with Gasteiger partial charge in [0.15, 0.2) is 5.16 Å². The van der Waals surface area contributed by atoms with Gasteiger partial charge in [0.25, 0.3) is 0 Å². The fourth-order valence-corrected chi connectivity index (χ4v) is 6.92. The van der Waals surface area contributed by atoms with E-state index in [1.165, 1.54) is 38.5 Å². The van der Waals surface area contributed by atoms with Crippen molar-refractivity contribution in [1.82, 2.24) is 14.9 Å². The van der Waals surface area contributed by atoms with E-state index in [2.05, 4.69) is 28.7 Å². The molecule has 4 aliphatic carbocycles. The average Bonchev–Trinajstić information content (AvgIpc) is 2.99. The van der Waals surface area contributed by atoms with Gasteiger partial charge in [0.1, 0.15) is 0 Å². The monoisotopic (exact) mass is 361 g/mol. The summed E-state index contributed by atoms with van der Waals surface area (Å²) in [6, 6.07) is 0.310. The second-order valence-corrected chi connectivity index (χ2v) is 9.70. The Labute approximate surface area is 155 Å². The van der Waals surface area contributed by atoms with Crippen molar-refractivity contribution in [3.63, 3.8) is 0 Å². The maximum absolute atomic E-state index is 12.5. The number of hydrogen-bond donors (Lipinski definition) is 1. The molecule has 1 aromatic rings. The van der Waals surface area contributed by atoms with E-state index >= 15 is 0 Å². The summed E-state index contributed by atoms with van der Waals surface area (Å²) in [5.74, 6) is 3.43. The predicted octanol–water partition coefficient (Wildman–Crippen LogP) is 4.11. The lowest BCUT2D eigenvalue weighted by molar-refractivity contribution is -0.123. The van der Waals surface area contributed by atoms with Gasteiger partial charge in [0.2, 0.25) is 5.91 Å². The summed E-state index contributed by atoms with van der Waals surface area (Å²) < 4.78 is 2.14. The minimum atomic E-state index is 0.166. The standard InChI is InChI=1S/C20H31N3OS/c1-3-5-23-6-4-21-19(23)25-13-18(24)22-14(2)20-10-15-7-16(11-20)9-17(8-15)12-20/h4,6,14-17H,3,5,7-13H2,1-2H3,(H,22,24)/t14-,15?,16?,17?,20?/m1/s1. The highest BCUT2D eigenvalue weighted by Crippen LogP contribution is 2.61. The molecule has 0 aromatic carbocycles. The molecule has 4 aliphatic rings. The molecule has 0 radical (unpaired) electrons. The van der Waals surface area contributed by atoms with Crippen molar-refractivity contribution in [2.45, 2.75) is 76.5 Å². The van der Waals surface area contributed by atoms with Crippen molar-refractivity contribution in [2.24, 2.45) is 23.2 Å². The molecule has 4 fully saturated rings. The third kappa shape index (κ3) is 3.49. The first-order valence-corrected chi connectivity index (χ1v) is 11.0. The molecule has 0 unspecified atom stereocenters. The Morgan fingerprint density at radius 1 is 1.32 bits per heavy atom. The molecule has 0 aliphatic heterocycles. The number of nitrogens with one attached hydrogen (secondary N) is 1. The molecule has 5 rings (SSSR count). The maximum Gasteiger partial charge on any atom is 0.230 e. The Balaban J connectivity index is 1.32. The summed E-state index contributed by atoms with van der Waals surface area (Å²) in [5, 5.41) is 4.31. The molecule has 1 N–H and O–H groups in total.